The first kappa shape index (κ1) is 21.2. The van der Waals surface area contributed by atoms with Gasteiger partial charge in [-0.2, -0.15) is 0 Å². The zero-order chi connectivity index (χ0) is 20.5. The molecule has 0 aliphatic carbocycles. The van der Waals surface area contributed by atoms with Crippen LogP contribution < -0.4 is 9.64 Å². The van der Waals surface area contributed by atoms with Crippen LogP contribution >= 0.6 is 0 Å². The minimum atomic E-state index is -0.0811. The van der Waals surface area contributed by atoms with Crippen molar-refractivity contribution in [3.05, 3.63) is 65.7 Å². The second-order valence-corrected chi connectivity index (χ2v) is 6.56. The van der Waals surface area contributed by atoms with Crippen LogP contribution in [0.15, 0.2) is 54.6 Å². The summed E-state index contributed by atoms with van der Waals surface area (Å²) < 4.78 is 5.52. The predicted molar refractivity (Wildman–Crippen MR) is 114 cm³/mol. The molecule has 0 heterocycles. The van der Waals surface area contributed by atoms with Gasteiger partial charge in [-0.05, 0) is 61.9 Å². The van der Waals surface area contributed by atoms with Crippen LogP contribution in [-0.4, -0.2) is 50.4 Å². The second-order valence-electron chi connectivity index (χ2n) is 6.56. The number of anilines is 1. The Morgan fingerprint density at radius 1 is 0.929 bits per heavy atom. The van der Waals surface area contributed by atoms with Gasteiger partial charge in [0.05, 0.1) is 0 Å². The quantitative estimate of drug-likeness (QED) is 0.489. The molecule has 0 bridgehead atoms. The summed E-state index contributed by atoms with van der Waals surface area (Å²) in [4.78, 5) is 28.0. The molecule has 2 rings (SSSR count). The predicted octanol–water partition coefficient (Wildman–Crippen LogP) is 3.90. The molecule has 5 nitrogen and oxygen atoms in total. The smallest absolute Gasteiger partial charge is 0.260 e. The molecule has 0 unspecified atom stereocenters. The third-order valence-electron chi connectivity index (χ3n) is 4.45. The standard InChI is InChI=1S/C23H28N2O3/c1-5-25(6-2)23(27)17-28-21-14-10-19(11-15-21)22(26)16-9-18-7-12-20(13-8-18)24(3)4/h7-16H,5-6,17H2,1-4H3/b16-9+. The number of benzene rings is 2. The van der Waals surface area contributed by atoms with Crippen molar-refractivity contribution in [1.29, 1.82) is 0 Å². The van der Waals surface area contributed by atoms with Gasteiger partial charge in [0.25, 0.3) is 5.91 Å². The topological polar surface area (TPSA) is 49.9 Å². The molecular formula is C23H28N2O3. The van der Waals surface area contributed by atoms with Crippen molar-refractivity contribution in [2.24, 2.45) is 0 Å². The zero-order valence-electron chi connectivity index (χ0n) is 17.0. The van der Waals surface area contributed by atoms with Crippen LogP contribution in [0.1, 0.15) is 29.8 Å². The molecule has 2 aromatic rings. The van der Waals surface area contributed by atoms with Crippen molar-refractivity contribution in [2.75, 3.05) is 38.7 Å². The SMILES string of the molecule is CCN(CC)C(=O)COc1ccc(C(=O)/C=C/c2ccc(N(C)C)cc2)cc1. The summed E-state index contributed by atoms with van der Waals surface area (Å²) in [5.74, 6) is 0.441. The van der Waals surface area contributed by atoms with Crippen LogP contribution in [0.3, 0.4) is 0 Å². The average molecular weight is 380 g/mol. The Kier molecular flexibility index (Phi) is 7.81. The van der Waals surface area contributed by atoms with E-state index in [9.17, 15) is 9.59 Å². The van der Waals surface area contributed by atoms with Gasteiger partial charge in [-0.25, -0.2) is 0 Å². The Balaban J connectivity index is 1.93. The molecular weight excluding hydrogens is 352 g/mol. The molecule has 0 aliphatic heterocycles. The fraction of sp³-hybridized carbons (Fsp3) is 0.304. The molecule has 5 heteroatoms. The number of carbonyl (C=O) groups excluding carboxylic acids is 2. The third kappa shape index (κ3) is 5.98. The van der Waals surface area contributed by atoms with Gasteiger partial charge in [-0.1, -0.05) is 18.2 Å². The number of likely N-dealkylation sites (N-methyl/N-ethyl adjacent to an activating group) is 1. The van der Waals surface area contributed by atoms with Gasteiger partial charge in [-0.15, -0.1) is 0 Å². The minimum Gasteiger partial charge on any atom is -0.484 e. The van der Waals surface area contributed by atoms with E-state index in [1.165, 1.54) is 0 Å². The van der Waals surface area contributed by atoms with Crippen molar-refractivity contribution < 1.29 is 14.3 Å². The molecule has 148 valence electrons. The number of hydrogen-bond acceptors (Lipinski definition) is 4. The molecule has 0 aromatic heterocycles. The van der Waals surface area contributed by atoms with Crippen LogP contribution in [0.5, 0.6) is 5.75 Å². The lowest BCUT2D eigenvalue weighted by Gasteiger charge is -2.18. The number of rotatable bonds is 9. The van der Waals surface area contributed by atoms with Gasteiger partial charge in [0, 0.05) is 38.4 Å². The van der Waals surface area contributed by atoms with Crippen molar-refractivity contribution in [3.8, 4) is 5.75 Å². The molecule has 0 saturated heterocycles. The number of allylic oxidation sites excluding steroid dienone is 1. The first-order valence-electron chi connectivity index (χ1n) is 9.45. The normalized spacial score (nSPS) is 10.7. The van der Waals surface area contributed by atoms with E-state index in [-0.39, 0.29) is 18.3 Å². The third-order valence-corrected chi connectivity index (χ3v) is 4.45. The first-order chi connectivity index (χ1) is 13.4. The molecule has 0 aliphatic rings. The van der Waals surface area contributed by atoms with Crippen LogP contribution in [0.25, 0.3) is 6.08 Å². The highest BCUT2D eigenvalue weighted by molar-refractivity contribution is 6.06. The van der Waals surface area contributed by atoms with E-state index < -0.39 is 0 Å². The lowest BCUT2D eigenvalue weighted by Crippen LogP contribution is -2.34. The molecule has 0 fully saturated rings. The molecule has 0 N–H and O–H groups in total. The number of amides is 1. The molecule has 0 saturated carbocycles. The molecule has 1 amide bonds. The van der Waals surface area contributed by atoms with Gasteiger partial charge in [-0.3, -0.25) is 9.59 Å². The van der Waals surface area contributed by atoms with Crippen LogP contribution in [0, 0.1) is 0 Å². The fourth-order valence-electron chi connectivity index (χ4n) is 2.68. The number of nitrogens with zero attached hydrogens (tertiary/aromatic N) is 2. The molecule has 28 heavy (non-hydrogen) atoms. The van der Waals surface area contributed by atoms with Gasteiger partial charge in [0.1, 0.15) is 5.75 Å². The van der Waals surface area contributed by atoms with E-state index in [2.05, 4.69) is 0 Å². The van der Waals surface area contributed by atoms with E-state index in [0.717, 1.165) is 11.3 Å². The van der Waals surface area contributed by atoms with Crippen LogP contribution in [0.4, 0.5) is 5.69 Å². The molecule has 0 radical (unpaired) electrons. The highest BCUT2D eigenvalue weighted by Crippen LogP contribution is 2.15. The number of ketones is 1. The van der Waals surface area contributed by atoms with Crippen molar-refractivity contribution >= 4 is 23.5 Å². The van der Waals surface area contributed by atoms with Gasteiger partial charge in [0.15, 0.2) is 12.4 Å². The maximum absolute atomic E-state index is 12.3. The summed E-state index contributed by atoms with van der Waals surface area (Å²) in [5.41, 5.74) is 2.65. The summed E-state index contributed by atoms with van der Waals surface area (Å²) in [6, 6.07) is 14.8. The van der Waals surface area contributed by atoms with Crippen molar-refractivity contribution in [3.63, 3.8) is 0 Å². The summed E-state index contributed by atoms with van der Waals surface area (Å²) >= 11 is 0. The Labute approximate surface area is 167 Å². The first-order valence-corrected chi connectivity index (χ1v) is 9.45. The van der Waals surface area contributed by atoms with Crippen molar-refractivity contribution in [1.82, 2.24) is 4.90 Å². The largest absolute Gasteiger partial charge is 0.484 e. The number of hydrogen-bond donors (Lipinski definition) is 0. The summed E-state index contributed by atoms with van der Waals surface area (Å²) in [6.45, 7) is 5.20. The van der Waals surface area contributed by atoms with E-state index in [1.54, 1.807) is 41.3 Å². The van der Waals surface area contributed by atoms with Gasteiger partial charge in [0.2, 0.25) is 0 Å². The van der Waals surface area contributed by atoms with Gasteiger partial charge >= 0.3 is 0 Å². The van der Waals surface area contributed by atoms with E-state index >= 15 is 0 Å². The van der Waals surface area contributed by atoms with E-state index in [0.29, 0.717) is 24.4 Å². The highest BCUT2D eigenvalue weighted by atomic mass is 16.5. The summed E-state index contributed by atoms with van der Waals surface area (Å²) in [7, 11) is 3.97. The maximum atomic E-state index is 12.3. The minimum absolute atomic E-state index is 0.00216. The lowest BCUT2D eigenvalue weighted by molar-refractivity contribution is -0.132. The monoisotopic (exact) mass is 380 g/mol. The molecule has 0 atom stereocenters. The summed E-state index contributed by atoms with van der Waals surface area (Å²) in [6.07, 6.45) is 3.36. The Bertz CT molecular complexity index is 805. The Morgan fingerprint density at radius 2 is 1.54 bits per heavy atom. The van der Waals surface area contributed by atoms with E-state index in [1.807, 2.05) is 57.1 Å². The average Bonchev–Trinajstić information content (AvgIpc) is 2.72. The van der Waals surface area contributed by atoms with Crippen LogP contribution in [0.2, 0.25) is 0 Å². The molecule has 0 spiro atoms. The van der Waals surface area contributed by atoms with E-state index in [4.69, 9.17) is 4.74 Å². The zero-order valence-corrected chi connectivity index (χ0v) is 17.0. The maximum Gasteiger partial charge on any atom is 0.260 e. The van der Waals surface area contributed by atoms with Crippen LogP contribution in [-0.2, 0) is 4.79 Å². The van der Waals surface area contributed by atoms with Crippen molar-refractivity contribution in [2.45, 2.75) is 13.8 Å². The summed E-state index contributed by atoms with van der Waals surface area (Å²) in [5, 5.41) is 0. The highest BCUT2D eigenvalue weighted by Gasteiger charge is 2.10. The second kappa shape index (κ2) is 10.3. The van der Waals surface area contributed by atoms with Gasteiger partial charge < -0.3 is 14.5 Å². The Hall–Kier alpha value is -3.08. The molecule has 2 aromatic carbocycles. The number of carbonyl (C=O) groups is 2. The fourth-order valence-corrected chi connectivity index (χ4v) is 2.68. The Morgan fingerprint density at radius 3 is 2.07 bits per heavy atom. The number of ether oxygens (including phenoxy) is 1. The lowest BCUT2D eigenvalue weighted by atomic mass is 10.1.